The first-order chi connectivity index (χ1) is 11.7. The minimum Gasteiger partial charge on any atom is -0.497 e. The van der Waals surface area contributed by atoms with Crippen LogP contribution < -0.4 is 4.74 Å². The number of aromatic nitrogens is 1. The molecule has 0 radical (unpaired) electrons. The fraction of sp³-hybridized carbons (Fsp3) is 0.400. The first-order valence-electron chi connectivity index (χ1n) is 8.54. The Labute approximate surface area is 143 Å². The smallest absolute Gasteiger partial charge is 0.222 e. The number of aryl methyl sites for hydroxylation is 1. The predicted octanol–water partition coefficient (Wildman–Crippen LogP) is 3.11. The van der Waals surface area contributed by atoms with Gasteiger partial charge in [-0.15, -0.1) is 0 Å². The normalized spacial score (nSPS) is 17.0. The summed E-state index contributed by atoms with van der Waals surface area (Å²) in [6, 6.07) is 12.2. The van der Waals surface area contributed by atoms with Crippen molar-refractivity contribution in [3.63, 3.8) is 0 Å². The van der Waals surface area contributed by atoms with E-state index in [0.717, 1.165) is 43.7 Å². The van der Waals surface area contributed by atoms with E-state index >= 15 is 0 Å². The number of pyridine rings is 1. The van der Waals surface area contributed by atoms with Gasteiger partial charge in [-0.05, 0) is 54.5 Å². The summed E-state index contributed by atoms with van der Waals surface area (Å²) in [7, 11) is 1.68. The molecule has 0 saturated carbocycles. The van der Waals surface area contributed by atoms with Crippen LogP contribution in [0.4, 0.5) is 0 Å². The maximum atomic E-state index is 12.4. The van der Waals surface area contributed by atoms with Gasteiger partial charge in [0.2, 0.25) is 5.91 Å². The number of rotatable bonds is 6. The second-order valence-corrected chi connectivity index (χ2v) is 6.41. The van der Waals surface area contributed by atoms with Crippen molar-refractivity contribution in [2.75, 3.05) is 20.2 Å². The molecule has 1 atom stereocenters. The molecule has 1 aromatic heterocycles. The lowest BCUT2D eigenvalue weighted by atomic mass is 9.99. The summed E-state index contributed by atoms with van der Waals surface area (Å²) in [5.41, 5.74) is 2.44. The van der Waals surface area contributed by atoms with Crippen molar-refractivity contribution in [3.8, 4) is 5.75 Å². The molecule has 2 heterocycles. The van der Waals surface area contributed by atoms with E-state index in [9.17, 15) is 4.79 Å². The van der Waals surface area contributed by atoms with Crippen LogP contribution in [0.5, 0.6) is 5.75 Å². The highest BCUT2D eigenvalue weighted by atomic mass is 16.5. The molecule has 2 aromatic rings. The van der Waals surface area contributed by atoms with Crippen LogP contribution in [0.1, 0.15) is 24.0 Å². The van der Waals surface area contributed by atoms with Crippen molar-refractivity contribution >= 4 is 5.91 Å². The minimum absolute atomic E-state index is 0.260. The molecule has 0 bridgehead atoms. The third-order valence-corrected chi connectivity index (χ3v) is 4.67. The Kier molecular flexibility index (Phi) is 5.47. The van der Waals surface area contributed by atoms with Gasteiger partial charge >= 0.3 is 0 Å². The predicted molar refractivity (Wildman–Crippen MR) is 93.9 cm³/mol. The first-order valence-corrected chi connectivity index (χ1v) is 8.54. The van der Waals surface area contributed by atoms with E-state index in [2.05, 4.69) is 17.1 Å². The van der Waals surface area contributed by atoms with Crippen LogP contribution >= 0.6 is 0 Å². The summed E-state index contributed by atoms with van der Waals surface area (Å²) in [6.07, 6.45) is 7.05. The average Bonchev–Trinajstić information content (AvgIpc) is 3.10. The quantitative estimate of drug-likeness (QED) is 0.820. The van der Waals surface area contributed by atoms with E-state index < -0.39 is 0 Å². The fourth-order valence-electron chi connectivity index (χ4n) is 3.28. The third-order valence-electron chi connectivity index (χ3n) is 4.67. The maximum Gasteiger partial charge on any atom is 0.222 e. The third kappa shape index (κ3) is 4.34. The van der Waals surface area contributed by atoms with Gasteiger partial charge in [0.05, 0.1) is 7.11 Å². The summed E-state index contributed by atoms with van der Waals surface area (Å²) in [4.78, 5) is 18.5. The van der Waals surface area contributed by atoms with Crippen molar-refractivity contribution in [3.05, 3.63) is 59.9 Å². The Morgan fingerprint density at radius 2 is 2.08 bits per heavy atom. The molecule has 3 rings (SSSR count). The molecule has 1 fully saturated rings. The van der Waals surface area contributed by atoms with Gasteiger partial charge in [-0.1, -0.05) is 18.2 Å². The van der Waals surface area contributed by atoms with Crippen molar-refractivity contribution in [1.29, 1.82) is 0 Å². The summed E-state index contributed by atoms with van der Waals surface area (Å²) in [5.74, 6) is 1.70. The zero-order valence-corrected chi connectivity index (χ0v) is 14.1. The molecule has 4 heteroatoms. The summed E-state index contributed by atoms with van der Waals surface area (Å²) in [5, 5.41) is 0. The molecule has 0 N–H and O–H groups in total. The average molecular weight is 324 g/mol. The number of carbonyl (C=O) groups is 1. The van der Waals surface area contributed by atoms with Crippen LogP contribution in [0.25, 0.3) is 0 Å². The van der Waals surface area contributed by atoms with Gasteiger partial charge in [-0.25, -0.2) is 0 Å². The molecule has 1 aliphatic rings. The fourth-order valence-corrected chi connectivity index (χ4v) is 3.28. The Morgan fingerprint density at radius 3 is 2.79 bits per heavy atom. The molecule has 0 aliphatic carbocycles. The molecule has 1 aromatic carbocycles. The Bertz CT molecular complexity index is 655. The number of benzene rings is 1. The molecule has 24 heavy (non-hydrogen) atoms. The lowest BCUT2D eigenvalue weighted by Crippen LogP contribution is -2.29. The van der Waals surface area contributed by atoms with E-state index in [1.165, 1.54) is 5.56 Å². The Morgan fingerprint density at radius 1 is 1.25 bits per heavy atom. The van der Waals surface area contributed by atoms with Crippen LogP contribution in [0, 0.1) is 5.92 Å². The van der Waals surface area contributed by atoms with E-state index in [0.29, 0.717) is 12.3 Å². The number of hydrogen-bond donors (Lipinski definition) is 0. The highest BCUT2D eigenvalue weighted by Crippen LogP contribution is 2.23. The Hall–Kier alpha value is -2.36. The lowest BCUT2D eigenvalue weighted by molar-refractivity contribution is -0.130. The second-order valence-electron chi connectivity index (χ2n) is 6.41. The SMILES string of the molecule is COc1ccc(CC2CCN(C(=O)CCc3cccnc3)C2)cc1. The molecule has 4 nitrogen and oxygen atoms in total. The number of carbonyl (C=O) groups excluding carboxylic acids is 1. The number of amides is 1. The summed E-state index contributed by atoms with van der Waals surface area (Å²) < 4.78 is 5.19. The van der Waals surface area contributed by atoms with Gasteiger partial charge in [-0.3, -0.25) is 9.78 Å². The largest absolute Gasteiger partial charge is 0.497 e. The molecule has 1 unspecified atom stereocenters. The van der Waals surface area contributed by atoms with Gasteiger partial charge in [0.25, 0.3) is 0 Å². The molecule has 1 saturated heterocycles. The zero-order valence-electron chi connectivity index (χ0n) is 14.1. The molecule has 0 spiro atoms. The molecular formula is C20H24N2O2. The topological polar surface area (TPSA) is 42.4 Å². The van der Waals surface area contributed by atoms with Crippen LogP contribution in [0.2, 0.25) is 0 Å². The standard InChI is InChI=1S/C20H24N2O2/c1-24-19-7-4-16(5-8-19)13-18-10-12-22(15-18)20(23)9-6-17-3-2-11-21-14-17/h2-5,7-8,11,14,18H,6,9-10,12-13,15H2,1H3. The highest BCUT2D eigenvalue weighted by Gasteiger charge is 2.25. The number of ether oxygens (including phenoxy) is 1. The molecular weight excluding hydrogens is 300 g/mol. The molecule has 1 aliphatic heterocycles. The van der Waals surface area contributed by atoms with Crippen molar-refractivity contribution in [2.24, 2.45) is 5.92 Å². The zero-order chi connectivity index (χ0) is 16.8. The molecule has 126 valence electrons. The second kappa shape index (κ2) is 7.95. The van der Waals surface area contributed by atoms with Gasteiger partial charge in [0, 0.05) is 31.9 Å². The van der Waals surface area contributed by atoms with Gasteiger partial charge in [-0.2, -0.15) is 0 Å². The van der Waals surface area contributed by atoms with Crippen molar-refractivity contribution in [2.45, 2.75) is 25.7 Å². The lowest BCUT2D eigenvalue weighted by Gasteiger charge is -2.16. The Balaban J connectivity index is 1.46. The molecule has 1 amide bonds. The van der Waals surface area contributed by atoms with E-state index in [1.807, 2.05) is 35.4 Å². The maximum absolute atomic E-state index is 12.4. The number of nitrogens with zero attached hydrogens (tertiary/aromatic N) is 2. The first kappa shape index (κ1) is 16.5. The van der Waals surface area contributed by atoms with E-state index in [-0.39, 0.29) is 5.91 Å². The number of methoxy groups -OCH3 is 1. The van der Waals surface area contributed by atoms with Crippen LogP contribution in [-0.4, -0.2) is 36.0 Å². The van der Waals surface area contributed by atoms with Crippen LogP contribution in [-0.2, 0) is 17.6 Å². The summed E-state index contributed by atoms with van der Waals surface area (Å²) in [6.45, 7) is 1.75. The summed E-state index contributed by atoms with van der Waals surface area (Å²) >= 11 is 0. The van der Waals surface area contributed by atoms with E-state index in [4.69, 9.17) is 4.74 Å². The van der Waals surface area contributed by atoms with E-state index in [1.54, 1.807) is 13.3 Å². The van der Waals surface area contributed by atoms with Gasteiger partial charge < -0.3 is 9.64 Å². The van der Waals surface area contributed by atoms with Gasteiger partial charge in [0.1, 0.15) is 5.75 Å². The highest BCUT2D eigenvalue weighted by molar-refractivity contribution is 5.76. The number of likely N-dealkylation sites (tertiary alicyclic amines) is 1. The minimum atomic E-state index is 0.260. The van der Waals surface area contributed by atoms with Gasteiger partial charge in [0.15, 0.2) is 0 Å². The van der Waals surface area contributed by atoms with Crippen LogP contribution in [0.15, 0.2) is 48.8 Å². The number of hydrogen-bond acceptors (Lipinski definition) is 3. The van der Waals surface area contributed by atoms with Crippen molar-refractivity contribution in [1.82, 2.24) is 9.88 Å². The van der Waals surface area contributed by atoms with Crippen molar-refractivity contribution < 1.29 is 9.53 Å². The van der Waals surface area contributed by atoms with Crippen LogP contribution in [0.3, 0.4) is 0 Å². The monoisotopic (exact) mass is 324 g/mol.